The van der Waals surface area contributed by atoms with Crippen molar-refractivity contribution in [1.29, 1.82) is 0 Å². The van der Waals surface area contributed by atoms with E-state index < -0.39 is 0 Å². The summed E-state index contributed by atoms with van der Waals surface area (Å²) >= 11 is 0. The Morgan fingerprint density at radius 3 is 2.36 bits per heavy atom. The zero-order chi connectivity index (χ0) is 7.52. The number of nitrogens with one attached hydrogen (secondary N) is 1. The minimum absolute atomic E-state index is 1.06. The molecule has 1 saturated heterocycles. The van der Waals surface area contributed by atoms with Crippen molar-refractivity contribution in [3.63, 3.8) is 0 Å². The van der Waals surface area contributed by atoms with E-state index in [0.29, 0.717) is 0 Å². The third-order valence-corrected chi connectivity index (χ3v) is 1.87. The van der Waals surface area contributed by atoms with Gasteiger partial charge in [0.05, 0.1) is 0 Å². The monoisotopic (exact) mass is 145 g/mol. The zero-order valence-electron chi connectivity index (χ0n) is 6.38. The van der Waals surface area contributed by atoms with E-state index in [1.165, 1.54) is 11.1 Å². The molecule has 0 aromatic heterocycles. The van der Waals surface area contributed by atoms with Gasteiger partial charge in [0, 0.05) is 13.1 Å². The Hall–Kier alpha value is -1.08. The number of rotatable bonds is 1. The quantitative estimate of drug-likeness (QED) is 0.634. The molecule has 1 nitrogen and oxygen atoms in total. The van der Waals surface area contributed by atoms with Gasteiger partial charge in [-0.3, -0.25) is 0 Å². The highest BCUT2D eigenvalue weighted by Crippen LogP contribution is 2.08. The van der Waals surface area contributed by atoms with Crippen molar-refractivity contribution in [2.75, 3.05) is 13.1 Å². The molecule has 1 aliphatic rings. The summed E-state index contributed by atoms with van der Waals surface area (Å²) in [4.78, 5) is 0. The molecule has 0 unspecified atom stereocenters. The second-order valence-corrected chi connectivity index (χ2v) is 2.82. The lowest BCUT2D eigenvalue weighted by Crippen LogP contribution is -2.33. The lowest BCUT2D eigenvalue weighted by atomic mass is 10.1. The van der Waals surface area contributed by atoms with Gasteiger partial charge in [0.15, 0.2) is 0 Å². The fourth-order valence-electron chi connectivity index (χ4n) is 1.16. The first-order valence-electron chi connectivity index (χ1n) is 3.90. The molecule has 11 heavy (non-hydrogen) atoms. The van der Waals surface area contributed by atoms with E-state index in [1.807, 2.05) is 6.07 Å². The summed E-state index contributed by atoms with van der Waals surface area (Å²) in [6.07, 6.45) is 2.25. The van der Waals surface area contributed by atoms with Gasteiger partial charge in [-0.2, -0.15) is 0 Å². The largest absolute Gasteiger partial charge is 0.309 e. The highest BCUT2D eigenvalue weighted by atomic mass is 14.9. The fourth-order valence-corrected chi connectivity index (χ4v) is 1.16. The van der Waals surface area contributed by atoms with E-state index >= 15 is 0 Å². The SMILES string of the molecule is C(=C1CNC1)c1ccccc1. The van der Waals surface area contributed by atoms with Gasteiger partial charge in [-0.1, -0.05) is 36.4 Å². The molecule has 0 atom stereocenters. The average molecular weight is 145 g/mol. The minimum Gasteiger partial charge on any atom is -0.309 e. The molecule has 0 radical (unpaired) electrons. The molecule has 2 rings (SSSR count). The molecule has 1 heteroatoms. The zero-order valence-corrected chi connectivity index (χ0v) is 6.38. The summed E-state index contributed by atoms with van der Waals surface area (Å²) in [5, 5.41) is 3.21. The number of benzene rings is 1. The van der Waals surface area contributed by atoms with Crippen molar-refractivity contribution in [3.8, 4) is 0 Å². The summed E-state index contributed by atoms with van der Waals surface area (Å²) in [6, 6.07) is 10.4. The maximum Gasteiger partial charge on any atom is 0.0183 e. The molecule has 1 aromatic carbocycles. The molecule has 1 heterocycles. The predicted octanol–water partition coefficient (Wildman–Crippen LogP) is 1.67. The minimum atomic E-state index is 1.06. The van der Waals surface area contributed by atoms with Crippen molar-refractivity contribution in [3.05, 3.63) is 41.5 Å². The average Bonchev–Trinajstić information content (AvgIpc) is 1.99. The van der Waals surface area contributed by atoms with E-state index in [0.717, 1.165) is 13.1 Å². The van der Waals surface area contributed by atoms with E-state index in [2.05, 4.69) is 35.7 Å². The van der Waals surface area contributed by atoms with Gasteiger partial charge in [0.2, 0.25) is 0 Å². The first-order valence-corrected chi connectivity index (χ1v) is 3.90. The summed E-state index contributed by atoms with van der Waals surface area (Å²) in [7, 11) is 0. The Balaban J connectivity index is 2.17. The van der Waals surface area contributed by atoms with E-state index in [9.17, 15) is 0 Å². The standard InChI is InChI=1S/C10H11N/c1-2-4-9(5-3-1)6-10-7-11-8-10/h1-6,11H,7-8H2. The second kappa shape index (κ2) is 2.89. The van der Waals surface area contributed by atoms with Crippen LogP contribution in [0.5, 0.6) is 0 Å². The lowest BCUT2D eigenvalue weighted by Gasteiger charge is -2.18. The summed E-state index contributed by atoms with van der Waals surface area (Å²) in [5.41, 5.74) is 2.81. The Bertz CT molecular complexity index is 255. The molecule has 1 aromatic rings. The molecule has 0 saturated carbocycles. The van der Waals surface area contributed by atoms with Crippen LogP contribution >= 0.6 is 0 Å². The van der Waals surface area contributed by atoms with Crippen LogP contribution in [0.2, 0.25) is 0 Å². The highest BCUT2D eigenvalue weighted by Gasteiger charge is 2.05. The number of hydrogen-bond donors (Lipinski definition) is 1. The van der Waals surface area contributed by atoms with Crippen LogP contribution in [0.3, 0.4) is 0 Å². The van der Waals surface area contributed by atoms with E-state index in [-0.39, 0.29) is 0 Å². The van der Waals surface area contributed by atoms with Crippen molar-refractivity contribution < 1.29 is 0 Å². The first kappa shape index (κ1) is 6.62. The van der Waals surface area contributed by atoms with Crippen LogP contribution in [0.4, 0.5) is 0 Å². The van der Waals surface area contributed by atoms with Crippen LogP contribution in [0.25, 0.3) is 6.08 Å². The van der Waals surface area contributed by atoms with Crippen molar-refractivity contribution >= 4 is 6.08 Å². The molecule has 1 N–H and O–H groups in total. The molecule has 1 fully saturated rings. The Morgan fingerprint density at radius 1 is 1.09 bits per heavy atom. The Kier molecular flexibility index (Phi) is 1.74. The van der Waals surface area contributed by atoms with Crippen LogP contribution < -0.4 is 5.32 Å². The van der Waals surface area contributed by atoms with Crippen LogP contribution in [0, 0.1) is 0 Å². The summed E-state index contributed by atoms with van der Waals surface area (Å²) in [6.45, 7) is 2.13. The second-order valence-electron chi connectivity index (χ2n) is 2.82. The molecule has 0 spiro atoms. The fraction of sp³-hybridized carbons (Fsp3) is 0.200. The molecular weight excluding hydrogens is 134 g/mol. The summed E-state index contributed by atoms with van der Waals surface area (Å²) < 4.78 is 0. The Labute approximate surface area is 66.7 Å². The van der Waals surface area contributed by atoms with Crippen molar-refractivity contribution in [2.24, 2.45) is 0 Å². The normalized spacial score (nSPS) is 15.8. The molecule has 0 aliphatic carbocycles. The van der Waals surface area contributed by atoms with Gasteiger partial charge in [-0.25, -0.2) is 0 Å². The van der Waals surface area contributed by atoms with Gasteiger partial charge in [-0.15, -0.1) is 0 Å². The van der Waals surface area contributed by atoms with Crippen molar-refractivity contribution in [2.45, 2.75) is 0 Å². The maximum absolute atomic E-state index is 3.21. The van der Waals surface area contributed by atoms with Crippen LogP contribution in [0.15, 0.2) is 35.9 Å². The van der Waals surface area contributed by atoms with Gasteiger partial charge >= 0.3 is 0 Å². The van der Waals surface area contributed by atoms with Crippen molar-refractivity contribution in [1.82, 2.24) is 5.32 Å². The molecule has 1 aliphatic heterocycles. The van der Waals surface area contributed by atoms with Gasteiger partial charge in [0.25, 0.3) is 0 Å². The predicted molar refractivity (Wildman–Crippen MR) is 47.3 cm³/mol. The maximum atomic E-state index is 3.21. The topological polar surface area (TPSA) is 12.0 Å². The lowest BCUT2D eigenvalue weighted by molar-refractivity contribution is 0.675. The van der Waals surface area contributed by atoms with Gasteiger partial charge < -0.3 is 5.32 Å². The Morgan fingerprint density at radius 2 is 1.82 bits per heavy atom. The van der Waals surface area contributed by atoms with Crippen LogP contribution in [-0.4, -0.2) is 13.1 Å². The highest BCUT2D eigenvalue weighted by molar-refractivity contribution is 5.54. The molecular formula is C10H11N. The van der Waals surface area contributed by atoms with E-state index in [1.54, 1.807) is 0 Å². The van der Waals surface area contributed by atoms with Gasteiger partial charge in [0.1, 0.15) is 0 Å². The van der Waals surface area contributed by atoms with Crippen LogP contribution in [-0.2, 0) is 0 Å². The van der Waals surface area contributed by atoms with Crippen LogP contribution in [0.1, 0.15) is 5.56 Å². The van der Waals surface area contributed by atoms with E-state index in [4.69, 9.17) is 0 Å². The third-order valence-electron chi connectivity index (χ3n) is 1.87. The molecule has 0 amide bonds. The third kappa shape index (κ3) is 1.49. The molecule has 56 valence electrons. The molecule has 0 bridgehead atoms. The smallest absolute Gasteiger partial charge is 0.0183 e. The summed E-state index contributed by atoms with van der Waals surface area (Å²) in [5.74, 6) is 0. The first-order chi connectivity index (χ1) is 5.45. The van der Waals surface area contributed by atoms with Gasteiger partial charge in [-0.05, 0) is 11.1 Å². The number of hydrogen-bond acceptors (Lipinski definition) is 1.